The molecular weight excluding hydrogens is 304 g/mol. The van der Waals surface area contributed by atoms with Crippen molar-refractivity contribution in [2.75, 3.05) is 5.32 Å². The molecule has 2 atom stereocenters. The van der Waals surface area contributed by atoms with Crippen LogP contribution in [0, 0.1) is 23.2 Å². The predicted molar refractivity (Wildman–Crippen MR) is 96.0 cm³/mol. The molecule has 0 aromatic heterocycles. The van der Waals surface area contributed by atoms with Crippen LogP contribution in [0.2, 0.25) is 0 Å². The molecule has 5 rings (SSSR count). The van der Waals surface area contributed by atoms with Gasteiger partial charge in [-0.05, 0) is 74.2 Å². The van der Waals surface area contributed by atoms with Gasteiger partial charge < -0.3 is 10.6 Å². The summed E-state index contributed by atoms with van der Waals surface area (Å²) in [6, 6.07) is 9.78. The second kappa shape index (κ2) is 5.90. The van der Waals surface area contributed by atoms with Gasteiger partial charge in [0.1, 0.15) is 0 Å². The molecule has 23 heavy (non-hydrogen) atoms. The Bertz CT molecular complexity index is 599. The highest BCUT2D eigenvalue weighted by Gasteiger charge is 2.52. The quantitative estimate of drug-likeness (QED) is 0.803. The summed E-state index contributed by atoms with van der Waals surface area (Å²) in [5.74, 6) is 2.42. The first-order valence-corrected chi connectivity index (χ1v) is 9.21. The molecule has 1 aromatic rings. The van der Waals surface area contributed by atoms with Crippen LogP contribution >= 0.6 is 12.2 Å². The van der Waals surface area contributed by atoms with Gasteiger partial charge in [-0.25, -0.2) is 0 Å². The number of para-hydroxylation sites is 1. The molecule has 122 valence electrons. The molecule has 1 aromatic carbocycles. The van der Waals surface area contributed by atoms with Gasteiger partial charge in [-0.3, -0.25) is 4.79 Å². The van der Waals surface area contributed by atoms with Crippen molar-refractivity contribution in [1.29, 1.82) is 0 Å². The van der Waals surface area contributed by atoms with E-state index in [1.165, 1.54) is 25.7 Å². The third-order valence-electron chi connectivity index (χ3n) is 6.10. The standard InChI is InChI=1S/C19H24N2OS/c22-17(21-18(23)20-16-4-2-1-3-5-16)19-10-13-6-7-14(11-19)9-15(8-13)12-19/h1-5,13-15H,6-12H2,(H2,20,21,22,23)/t13-,14-,15?,19?/m0/s1. The minimum Gasteiger partial charge on any atom is -0.332 e. The maximum Gasteiger partial charge on any atom is 0.232 e. The molecule has 4 fully saturated rings. The van der Waals surface area contributed by atoms with Gasteiger partial charge in [-0.15, -0.1) is 0 Å². The number of carbonyl (C=O) groups excluding carboxylic acids is 1. The summed E-state index contributed by atoms with van der Waals surface area (Å²) in [5.41, 5.74) is 0.760. The lowest BCUT2D eigenvalue weighted by molar-refractivity contribution is -0.136. The molecule has 0 heterocycles. The van der Waals surface area contributed by atoms with Gasteiger partial charge >= 0.3 is 0 Å². The Morgan fingerprint density at radius 1 is 1.00 bits per heavy atom. The highest BCUT2D eigenvalue weighted by molar-refractivity contribution is 7.80. The van der Waals surface area contributed by atoms with Gasteiger partial charge in [0.05, 0.1) is 5.41 Å². The van der Waals surface area contributed by atoms with E-state index < -0.39 is 0 Å². The van der Waals surface area contributed by atoms with Crippen LogP contribution < -0.4 is 10.6 Å². The first-order valence-electron chi connectivity index (χ1n) is 8.80. The van der Waals surface area contributed by atoms with E-state index >= 15 is 0 Å². The minimum atomic E-state index is -0.157. The number of carbonyl (C=O) groups is 1. The third-order valence-corrected chi connectivity index (χ3v) is 6.30. The van der Waals surface area contributed by atoms with E-state index in [0.717, 1.165) is 42.7 Å². The fourth-order valence-corrected chi connectivity index (χ4v) is 5.60. The number of nitrogens with one attached hydrogen (secondary N) is 2. The summed E-state index contributed by atoms with van der Waals surface area (Å²) in [6.45, 7) is 0. The topological polar surface area (TPSA) is 41.1 Å². The lowest BCUT2D eigenvalue weighted by Gasteiger charge is -2.47. The fourth-order valence-electron chi connectivity index (χ4n) is 5.39. The first-order chi connectivity index (χ1) is 11.1. The third kappa shape index (κ3) is 3.01. The van der Waals surface area contributed by atoms with Gasteiger partial charge in [0.2, 0.25) is 5.91 Å². The molecule has 4 aliphatic rings. The summed E-state index contributed by atoms with van der Waals surface area (Å²) < 4.78 is 0. The van der Waals surface area contributed by atoms with E-state index in [4.69, 9.17) is 12.2 Å². The van der Waals surface area contributed by atoms with E-state index in [1.54, 1.807) is 0 Å². The van der Waals surface area contributed by atoms with Crippen molar-refractivity contribution in [2.45, 2.75) is 44.9 Å². The smallest absolute Gasteiger partial charge is 0.232 e. The Balaban J connectivity index is 1.45. The average Bonchev–Trinajstić information content (AvgIpc) is 2.74. The van der Waals surface area contributed by atoms with Gasteiger partial charge in [0.25, 0.3) is 0 Å². The van der Waals surface area contributed by atoms with E-state index in [0.29, 0.717) is 5.11 Å². The normalized spacial score (nSPS) is 34.7. The van der Waals surface area contributed by atoms with E-state index in [-0.39, 0.29) is 11.3 Å². The van der Waals surface area contributed by atoms with Crippen LogP contribution in [0.1, 0.15) is 44.9 Å². The second-order valence-electron chi connectivity index (χ2n) is 7.81. The molecular formula is C19H24N2OS. The monoisotopic (exact) mass is 328 g/mol. The molecule has 0 spiro atoms. The molecule has 1 amide bonds. The predicted octanol–water partition coefficient (Wildman–Crippen LogP) is 4.11. The van der Waals surface area contributed by atoms with Crippen LogP contribution in [0.25, 0.3) is 0 Å². The summed E-state index contributed by atoms with van der Waals surface area (Å²) in [4.78, 5) is 13.0. The van der Waals surface area contributed by atoms with E-state index in [2.05, 4.69) is 10.6 Å². The van der Waals surface area contributed by atoms with Crippen LogP contribution in [-0.4, -0.2) is 11.0 Å². The first kappa shape index (κ1) is 15.1. The summed E-state index contributed by atoms with van der Waals surface area (Å²) >= 11 is 5.36. The largest absolute Gasteiger partial charge is 0.332 e. The molecule has 3 nitrogen and oxygen atoms in total. The van der Waals surface area contributed by atoms with Crippen molar-refractivity contribution in [1.82, 2.24) is 5.32 Å². The van der Waals surface area contributed by atoms with Crippen LogP contribution in [0.5, 0.6) is 0 Å². The number of anilines is 1. The van der Waals surface area contributed by atoms with Crippen LogP contribution in [0.4, 0.5) is 5.69 Å². The second-order valence-corrected chi connectivity index (χ2v) is 8.22. The molecule has 0 unspecified atom stereocenters. The van der Waals surface area contributed by atoms with Gasteiger partial charge in [-0.2, -0.15) is 0 Å². The molecule has 4 bridgehead atoms. The van der Waals surface area contributed by atoms with Crippen molar-refractivity contribution in [2.24, 2.45) is 23.2 Å². The summed E-state index contributed by atoms with van der Waals surface area (Å²) in [6.07, 6.45) is 8.54. The molecule has 4 saturated carbocycles. The van der Waals surface area contributed by atoms with E-state index in [9.17, 15) is 4.79 Å². The van der Waals surface area contributed by atoms with Crippen LogP contribution in [-0.2, 0) is 4.79 Å². The molecule has 4 heteroatoms. The Morgan fingerprint density at radius 2 is 1.61 bits per heavy atom. The lowest BCUT2D eigenvalue weighted by atomic mass is 9.58. The average molecular weight is 328 g/mol. The Labute approximate surface area is 143 Å². The van der Waals surface area contributed by atoms with Crippen molar-refractivity contribution in [3.05, 3.63) is 30.3 Å². The highest BCUT2D eigenvalue weighted by atomic mass is 32.1. The van der Waals surface area contributed by atoms with Crippen LogP contribution in [0.15, 0.2) is 30.3 Å². The van der Waals surface area contributed by atoms with Gasteiger partial charge in [-0.1, -0.05) is 31.0 Å². The molecule has 0 saturated heterocycles. The highest BCUT2D eigenvalue weighted by Crippen LogP contribution is 2.57. The summed E-state index contributed by atoms with van der Waals surface area (Å²) in [7, 11) is 0. The van der Waals surface area contributed by atoms with E-state index in [1.807, 2.05) is 30.3 Å². The maximum atomic E-state index is 13.0. The van der Waals surface area contributed by atoms with Crippen LogP contribution in [0.3, 0.4) is 0 Å². The number of amides is 1. The molecule has 2 N–H and O–H groups in total. The van der Waals surface area contributed by atoms with Crippen molar-refractivity contribution in [3.8, 4) is 0 Å². The SMILES string of the molecule is O=C(NC(=S)Nc1ccccc1)C12CC3C[C@H](CC[C@@H](C3)C1)C2. The molecule has 4 aliphatic carbocycles. The zero-order valence-corrected chi connectivity index (χ0v) is 14.2. The van der Waals surface area contributed by atoms with Crippen molar-refractivity contribution < 1.29 is 4.79 Å². The number of benzene rings is 1. The van der Waals surface area contributed by atoms with Crippen molar-refractivity contribution >= 4 is 28.9 Å². The Hall–Kier alpha value is -1.42. The number of rotatable bonds is 2. The van der Waals surface area contributed by atoms with Crippen molar-refractivity contribution in [3.63, 3.8) is 0 Å². The number of thiocarbonyl (C=S) groups is 1. The number of fused-ring (bicyclic) bond motifs is 1. The fraction of sp³-hybridized carbons (Fsp3) is 0.579. The number of hydrogen-bond acceptors (Lipinski definition) is 2. The van der Waals surface area contributed by atoms with Gasteiger partial charge in [0.15, 0.2) is 5.11 Å². The zero-order chi connectivity index (χ0) is 15.9. The molecule has 0 radical (unpaired) electrons. The minimum absolute atomic E-state index is 0.157. The Morgan fingerprint density at radius 3 is 2.26 bits per heavy atom. The lowest BCUT2D eigenvalue weighted by Crippen LogP contribution is -2.50. The zero-order valence-electron chi connectivity index (χ0n) is 13.4. The molecule has 0 aliphatic heterocycles. The Kier molecular flexibility index (Phi) is 3.88. The maximum absolute atomic E-state index is 13.0. The summed E-state index contributed by atoms with van der Waals surface area (Å²) in [5, 5.41) is 6.54. The van der Waals surface area contributed by atoms with Gasteiger partial charge in [0, 0.05) is 5.69 Å². The number of hydrogen-bond donors (Lipinski definition) is 2.